The molecule has 0 unspecified atom stereocenters. The number of likely N-dealkylation sites (N-methyl/N-ethyl adjacent to an activating group) is 1. The third-order valence-corrected chi connectivity index (χ3v) is 4.35. The molecule has 2 aromatic heterocycles. The van der Waals surface area contributed by atoms with Crippen molar-refractivity contribution in [3.63, 3.8) is 0 Å². The van der Waals surface area contributed by atoms with Gasteiger partial charge in [0.2, 0.25) is 5.13 Å². The molecule has 0 bridgehead atoms. The van der Waals surface area contributed by atoms with Crippen molar-refractivity contribution in [3.8, 4) is 10.6 Å². The highest BCUT2D eigenvalue weighted by atomic mass is 32.1. The number of carbonyl (C=O) groups is 1. The maximum absolute atomic E-state index is 12.5. The minimum Gasteiger partial charge on any atom is -0.283 e. The summed E-state index contributed by atoms with van der Waals surface area (Å²) in [4.78, 5) is 18.1. The minimum atomic E-state index is -0.116. The van der Waals surface area contributed by atoms with Gasteiger partial charge >= 0.3 is 0 Å². The van der Waals surface area contributed by atoms with Gasteiger partial charge in [0.05, 0.1) is 0 Å². The lowest BCUT2D eigenvalue weighted by atomic mass is 10.2. The van der Waals surface area contributed by atoms with Crippen LogP contribution in [0.3, 0.4) is 0 Å². The van der Waals surface area contributed by atoms with Crippen molar-refractivity contribution in [1.82, 2.24) is 15.2 Å². The standard InChI is InChI=1S/C18H16N4OS/c1-2-22(16(23)11-10-14-7-4-3-5-8-14)18-21-20-17(24-18)15-9-6-12-19-13-15/h3-13H,2H2,1H3. The molecule has 0 aliphatic heterocycles. The third kappa shape index (κ3) is 3.72. The lowest BCUT2D eigenvalue weighted by Gasteiger charge is -2.14. The average molecular weight is 336 g/mol. The first kappa shape index (κ1) is 16.0. The number of benzene rings is 1. The van der Waals surface area contributed by atoms with Crippen LogP contribution in [-0.2, 0) is 4.79 Å². The molecule has 0 saturated heterocycles. The number of pyridine rings is 1. The molecule has 5 nitrogen and oxygen atoms in total. The molecule has 0 N–H and O–H groups in total. The second kappa shape index (κ2) is 7.61. The lowest BCUT2D eigenvalue weighted by molar-refractivity contribution is -0.114. The van der Waals surface area contributed by atoms with Gasteiger partial charge < -0.3 is 0 Å². The Kier molecular flexibility index (Phi) is 5.08. The van der Waals surface area contributed by atoms with Crippen molar-refractivity contribution in [2.75, 3.05) is 11.4 Å². The summed E-state index contributed by atoms with van der Waals surface area (Å²) in [5.41, 5.74) is 1.87. The molecule has 1 aromatic carbocycles. The molecule has 0 fully saturated rings. The van der Waals surface area contributed by atoms with Gasteiger partial charge in [0.15, 0.2) is 5.01 Å². The first-order valence-electron chi connectivity index (χ1n) is 7.56. The fraction of sp³-hybridized carbons (Fsp3) is 0.111. The summed E-state index contributed by atoms with van der Waals surface area (Å²) in [6, 6.07) is 13.5. The van der Waals surface area contributed by atoms with Gasteiger partial charge in [-0.2, -0.15) is 0 Å². The smallest absolute Gasteiger partial charge is 0.252 e. The van der Waals surface area contributed by atoms with E-state index in [0.29, 0.717) is 11.7 Å². The number of hydrogen-bond donors (Lipinski definition) is 0. The van der Waals surface area contributed by atoms with Gasteiger partial charge in [-0.1, -0.05) is 41.7 Å². The normalized spacial score (nSPS) is 10.9. The Hall–Kier alpha value is -2.86. The van der Waals surface area contributed by atoms with E-state index in [0.717, 1.165) is 16.1 Å². The topological polar surface area (TPSA) is 59.0 Å². The van der Waals surface area contributed by atoms with E-state index in [4.69, 9.17) is 0 Å². The molecule has 0 aliphatic rings. The zero-order chi connectivity index (χ0) is 16.8. The third-order valence-electron chi connectivity index (χ3n) is 3.35. The van der Waals surface area contributed by atoms with Gasteiger partial charge in [-0.25, -0.2) is 0 Å². The van der Waals surface area contributed by atoms with Gasteiger partial charge in [0.25, 0.3) is 5.91 Å². The van der Waals surface area contributed by atoms with E-state index in [1.54, 1.807) is 29.4 Å². The molecule has 6 heteroatoms. The minimum absolute atomic E-state index is 0.116. The molecular formula is C18H16N4OS. The van der Waals surface area contributed by atoms with Gasteiger partial charge in [-0.05, 0) is 30.7 Å². The lowest BCUT2D eigenvalue weighted by Crippen LogP contribution is -2.28. The second-order valence-electron chi connectivity index (χ2n) is 4.96. The first-order valence-corrected chi connectivity index (χ1v) is 8.38. The Morgan fingerprint density at radius 2 is 2.00 bits per heavy atom. The summed E-state index contributed by atoms with van der Waals surface area (Å²) >= 11 is 1.38. The molecule has 0 aliphatic carbocycles. The highest BCUT2D eigenvalue weighted by molar-refractivity contribution is 7.18. The van der Waals surface area contributed by atoms with E-state index in [1.165, 1.54) is 11.3 Å². The Morgan fingerprint density at radius 3 is 2.71 bits per heavy atom. The fourth-order valence-corrected chi connectivity index (χ4v) is 3.04. The summed E-state index contributed by atoms with van der Waals surface area (Å²) in [6.07, 6.45) is 6.80. The maximum atomic E-state index is 12.5. The van der Waals surface area contributed by atoms with Crippen LogP contribution in [0.15, 0.2) is 60.9 Å². The average Bonchev–Trinajstić information content (AvgIpc) is 3.12. The Morgan fingerprint density at radius 1 is 1.17 bits per heavy atom. The molecule has 3 rings (SSSR count). The van der Waals surface area contributed by atoms with Crippen molar-refractivity contribution in [3.05, 3.63) is 66.5 Å². The van der Waals surface area contributed by atoms with E-state index in [9.17, 15) is 4.79 Å². The van der Waals surface area contributed by atoms with E-state index in [1.807, 2.05) is 49.4 Å². The van der Waals surface area contributed by atoms with E-state index in [-0.39, 0.29) is 5.91 Å². The van der Waals surface area contributed by atoms with E-state index in [2.05, 4.69) is 15.2 Å². The molecule has 1 amide bonds. The largest absolute Gasteiger partial charge is 0.283 e. The number of anilines is 1. The number of amides is 1. The second-order valence-corrected chi connectivity index (χ2v) is 5.91. The summed E-state index contributed by atoms with van der Waals surface area (Å²) in [7, 11) is 0. The van der Waals surface area contributed by atoms with Crippen LogP contribution in [0.25, 0.3) is 16.6 Å². The molecule has 2 heterocycles. The predicted octanol–water partition coefficient (Wildman–Crippen LogP) is 3.67. The maximum Gasteiger partial charge on any atom is 0.252 e. The SMILES string of the molecule is CCN(C(=O)C=Cc1ccccc1)c1nnc(-c2cccnc2)s1. The molecule has 0 spiro atoms. The van der Waals surface area contributed by atoms with E-state index >= 15 is 0 Å². The number of aromatic nitrogens is 3. The van der Waals surface area contributed by atoms with Gasteiger partial charge in [0, 0.05) is 30.6 Å². The summed E-state index contributed by atoms with van der Waals surface area (Å²) in [5.74, 6) is -0.116. The van der Waals surface area contributed by atoms with Gasteiger partial charge in [-0.15, -0.1) is 10.2 Å². The summed E-state index contributed by atoms with van der Waals surface area (Å²) < 4.78 is 0. The molecular weight excluding hydrogens is 320 g/mol. The Labute approximate surface area is 144 Å². The van der Waals surface area contributed by atoms with Crippen LogP contribution in [0.4, 0.5) is 5.13 Å². The predicted molar refractivity (Wildman–Crippen MR) is 96.6 cm³/mol. The van der Waals surface area contributed by atoms with Gasteiger partial charge in [0.1, 0.15) is 0 Å². The number of hydrogen-bond acceptors (Lipinski definition) is 5. The van der Waals surface area contributed by atoms with Crippen molar-refractivity contribution in [2.24, 2.45) is 0 Å². The summed E-state index contributed by atoms with van der Waals surface area (Å²) in [6.45, 7) is 2.44. The fourth-order valence-electron chi connectivity index (χ4n) is 2.14. The van der Waals surface area contributed by atoms with Gasteiger partial charge in [-0.3, -0.25) is 14.7 Å². The molecule has 120 valence electrons. The van der Waals surface area contributed by atoms with Crippen LogP contribution < -0.4 is 4.90 Å². The van der Waals surface area contributed by atoms with Crippen molar-refractivity contribution >= 4 is 28.5 Å². The van der Waals surface area contributed by atoms with Crippen molar-refractivity contribution in [1.29, 1.82) is 0 Å². The number of nitrogens with zero attached hydrogens (tertiary/aromatic N) is 4. The monoisotopic (exact) mass is 336 g/mol. The number of carbonyl (C=O) groups excluding carboxylic acids is 1. The van der Waals surface area contributed by atoms with Crippen molar-refractivity contribution < 1.29 is 4.79 Å². The Bertz CT molecular complexity index is 830. The van der Waals surface area contributed by atoms with E-state index < -0.39 is 0 Å². The molecule has 3 aromatic rings. The van der Waals surface area contributed by atoms with Crippen LogP contribution in [0, 0.1) is 0 Å². The highest BCUT2D eigenvalue weighted by Gasteiger charge is 2.17. The quantitative estimate of drug-likeness (QED) is 0.667. The van der Waals surface area contributed by atoms with Crippen molar-refractivity contribution in [2.45, 2.75) is 6.92 Å². The molecule has 0 saturated carbocycles. The van der Waals surface area contributed by atoms with Crippen LogP contribution in [0.1, 0.15) is 12.5 Å². The number of rotatable bonds is 5. The van der Waals surface area contributed by atoms with Crippen LogP contribution >= 0.6 is 11.3 Å². The Balaban J connectivity index is 1.78. The molecule has 0 radical (unpaired) electrons. The first-order chi connectivity index (χ1) is 11.8. The zero-order valence-electron chi connectivity index (χ0n) is 13.2. The molecule has 0 atom stereocenters. The highest BCUT2D eigenvalue weighted by Crippen LogP contribution is 2.28. The zero-order valence-corrected chi connectivity index (χ0v) is 14.0. The van der Waals surface area contributed by atoms with Crippen LogP contribution in [-0.4, -0.2) is 27.6 Å². The van der Waals surface area contributed by atoms with Crippen LogP contribution in [0.5, 0.6) is 0 Å². The summed E-state index contributed by atoms with van der Waals surface area (Å²) in [5, 5.41) is 9.65. The molecule has 24 heavy (non-hydrogen) atoms. The van der Waals surface area contributed by atoms with Crippen LogP contribution in [0.2, 0.25) is 0 Å².